The normalized spacial score (nSPS) is 10.5. The van der Waals surface area contributed by atoms with Crippen LogP contribution < -0.4 is 0 Å². The zero-order chi connectivity index (χ0) is 14.8. The smallest absolute Gasteiger partial charge is 0.358 e. The van der Waals surface area contributed by atoms with Gasteiger partial charge in [-0.1, -0.05) is 0 Å². The molecule has 0 aromatic carbocycles. The van der Waals surface area contributed by atoms with Gasteiger partial charge in [0.2, 0.25) is 0 Å². The summed E-state index contributed by atoms with van der Waals surface area (Å²) < 4.78 is 1.35. The number of hydrogen-bond acceptors (Lipinski definition) is 6. The van der Waals surface area contributed by atoms with Crippen molar-refractivity contribution >= 4 is 5.82 Å². The highest BCUT2D eigenvalue weighted by atomic mass is 16.6. The van der Waals surface area contributed by atoms with E-state index in [2.05, 4.69) is 20.1 Å². The quantitative estimate of drug-likeness (QED) is 0.537. The summed E-state index contributed by atoms with van der Waals surface area (Å²) in [5.74, 6) is 0.736. The van der Waals surface area contributed by atoms with Crippen molar-refractivity contribution in [2.24, 2.45) is 0 Å². The summed E-state index contributed by atoms with van der Waals surface area (Å²) in [5.41, 5.74) is 1.50. The summed E-state index contributed by atoms with van der Waals surface area (Å²) in [5, 5.41) is 14.6. The van der Waals surface area contributed by atoms with Gasteiger partial charge >= 0.3 is 5.82 Å². The Morgan fingerprint density at radius 2 is 2.14 bits per heavy atom. The molecule has 0 N–H and O–H groups in total. The molecule has 8 nitrogen and oxygen atoms in total. The van der Waals surface area contributed by atoms with Crippen LogP contribution in [0.5, 0.6) is 0 Å². The molecule has 0 saturated carbocycles. The number of nitro groups is 1. The van der Waals surface area contributed by atoms with E-state index >= 15 is 0 Å². The van der Waals surface area contributed by atoms with Gasteiger partial charge in [-0.2, -0.15) is 0 Å². The third-order valence-corrected chi connectivity index (χ3v) is 2.76. The SMILES string of the molecule is Cc1cc(-n2ccc([N+](=O)[O-])n2)nc(-c2cccnc2)n1. The first-order valence-electron chi connectivity index (χ1n) is 6.10. The summed E-state index contributed by atoms with van der Waals surface area (Å²) in [6, 6.07) is 6.66. The van der Waals surface area contributed by atoms with Crippen LogP contribution in [-0.4, -0.2) is 29.7 Å². The van der Waals surface area contributed by atoms with Crippen molar-refractivity contribution in [2.45, 2.75) is 6.92 Å². The van der Waals surface area contributed by atoms with Crippen LogP contribution in [0.1, 0.15) is 5.69 Å². The lowest BCUT2D eigenvalue weighted by atomic mass is 10.2. The molecule has 0 radical (unpaired) electrons. The molecule has 21 heavy (non-hydrogen) atoms. The highest BCUT2D eigenvalue weighted by Crippen LogP contribution is 2.17. The first-order chi connectivity index (χ1) is 10.1. The monoisotopic (exact) mass is 282 g/mol. The molecule has 0 unspecified atom stereocenters. The second-order valence-corrected chi connectivity index (χ2v) is 4.31. The summed E-state index contributed by atoms with van der Waals surface area (Å²) in [6.45, 7) is 1.82. The van der Waals surface area contributed by atoms with E-state index in [4.69, 9.17) is 0 Å². The Balaban J connectivity index is 2.07. The van der Waals surface area contributed by atoms with Crippen LogP contribution >= 0.6 is 0 Å². The molecular weight excluding hydrogens is 272 g/mol. The van der Waals surface area contributed by atoms with E-state index < -0.39 is 4.92 Å². The maximum absolute atomic E-state index is 10.7. The molecule has 0 aliphatic heterocycles. The lowest BCUT2D eigenvalue weighted by Gasteiger charge is -2.03. The third-order valence-electron chi connectivity index (χ3n) is 2.76. The predicted octanol–water partition coefficient (Wildman–Crippen LogP) is 1.94. The molecule has 3 aromatic rings. The van der Waals surface area contributed by atoms with E-state index in [0.29, 0.717) is 11.6 Å². The first-order valence-corrected chi connectivity index (χ1v) is 6.10. The average molecular weight is 282 g/mol. The fourth-order valence-corrected chi connectivity index (χ4v) is 1.83. The Morgan fingerprint density at radius 3 is 2.81 bits per heavy atom. The lowest BCUT2D eigenvalue weighted by molar-refractivity contribution is -0.389. The average Bonchev–Trinajstić information content (AvgIpc) is 2.98. The minimum absolute atomic E-state index is 0.228. The minimum Gasteiger partial charge on any atom is -0.358 e. The Hall–Kier alpha value is -3.16. The standard InChI is InChI=1S/C13H10N6O2/c1-9-7-12(18-6-4-11(17-18)19(20)21)16-13(15-9)10-3-2-5-14-8-10/h2-8H,1H3. The lowest BCUT2D eigenvalue weighted by Crippen LogP contribution is -2.03. The number of aryl methyl sites for hydroxylation is 1. The highest BCUT2D eigenvalue weighted by Gasteiger charge is 2.14. The molecule has 0 bridgehead atoms. The fourth-order valence-electron chi connectivity index (χ4n) is 1.83. The molecule has 0 fully saturated rings. The second-order valence-electron chi connectivity index (χ2n) is 4.31. The molecule has 104 valence electrons. The predicted molar refractivity (Wildman–Crippen MR) is 73.8 cm³/mol. The number of hydrogen-bond donors (Lipinski definition) is 0. The third kappa shape index (κ3) is 2.59. The fraction of sp³-hybridized carbons (Fsp3) is 0.0769. The van der Waals surface area contributed by atoms with Crippen LogP contribution in [-0.2, 0) is 0 Å². The number of pyridine rings is 1. The van der Waals surface area contributed by atoms with Gasteiger partial charge in [-0.3, -0.25) is 4.98 Å². The molecule has 0 atom stereocenters. The first kappa shape index (κ1) is 12.9. The van der Waals surface area contributed by atoms with Gasteiger partial charge < -0.3 is 10.1 Å². The van der Waals surface area contributed by atoms with E-state index in [-0.39, 0.29) is 5.82 Å². The Morgan fingerprint density at radius 1 is 1.29 bits per heavy atom. The van der Waals surface area contributed by atoms with Gasteiger partial charge in [-0.25, -0.2) is 9.97 Å². The Kier molecular flexibility index (Phi) is 3.11. The van der Waals surface area contributed by atoms with Crippen LogP contribution in [0.25, 0.3) is 17.2 Å². The Bertz CT molecular complexity index is 799. The second kappa shape index (κ2) is 5.08. The molecule has 8 heteroatoms. The van der Waals surface area contributed by atoms with Crippen molar-refractivity contribution in [3.63, 3.8) is 0 Å². The minimum atomic E-state index is -0.549. The van der Waals surface area contributed by atoms with Gasteiger partial charge in [-0.05, 0) is 24.0 Å². The van der Waals surface area contributed by atoms with Gasteiger partial charge in [-0.15, -0.1) is 4.68 Å². The number of nitrogens with zero attached hydrogens (tertiary/aromatic N) is 6. The molecule has 3 aromatic heterocycles. The maximum atomic E-state index is 10.7. The van der Waals surface area contributed by atoms with Gasteiger partial charge in [0, 0.05) is 29.7 Å². The maximum Gasteiger partial charge on any atom is 0.390 e. The van der Waals surface area contributed by atoms with Crippen LogP contribution in [0.4, 0.5) is 5.82 Å². The number of rotatable bonds is 3. The van der Waals surface area contributed by atoms with Gasteiger partial charge in [0.1, 0.15) is 0 Å². The topological polar surface area (TPSA) is 99.6 Å². The Labute approximate surface area is 119 Å². The van der Waals surface area contributed by atoms with Crippen LogP contribution in [0.15, 0.2) is 42.9 Å². The van der Waals surface area contributed by atoms with Crippen LogP contribution in [0.3, 0.4) is 0 Å². The summed E-state index contributed by atoms with van der Waals surface area (Å²) in [7, 11) is 0. The molecular formula is C13H10N6O2. The zero-order valence-corrected chi connectivity index (χ0v) is 11.0. The summed E-state index contributed by atoms with van der Waals surface area (Å²) in [6.07, 6.45) is 4.81. The molecule has 0 amide bonds. The van der Waals surface area contributed by atoms with Gasteiger partial charge in [0.05, 0.1) is 17.4 Å². The van der Waals surface area contributed by atoms with Crippen LogP contribution in [0, 0.1) is 17.0 Å². The van der Waals surface area contributed by atoms with E-state index in [9.17, 15) is 10.1 Å². The van der Waals surface area contributed by atoms with Crippen molar-refractivity contribution in [1.29, 1.82) is 0 Å². The van der Waals surface area contributed by atoms with Crippen molar-refractivity contribution in [2.75, 3.05) is 0 Å². The van der Waals surface area contributed by atoms with Crippen molar-refractivity contribution < 1.29 is 4.92 Å². The largest absolute Gasteiger partial charge is 0.390 e. The molecule has 0 aliphatic rings. The van der Waals surface area contributed by atoms with Crippen molar-refractivity contribution in [1.82, 2.24) is 24.7 Å². The van der Waals surface area contributed by atoms with E-state index in [0.717, 1.165) is 11.3 Å². The molecule has 0 spiro atoms. The van der Waals surface area contributed by atoms with E-state index in [1.807, 2.05) is 13.0 Å². The van der Waals surface area contributed by atoms with Crippen molar-refractivity contribution in [3.05, 3.63) is 58.7 Å². The van der Waals surface area contributed by atoms with E-state index in [1.165, 1.54) is 16.9 Å². The molecule has 3 rings (SSSR count). The number of aromatic nitrogens is 5. The molecule has 0 saturated heterocycles. The van der Waals surface area contributed by atoms with Gasteiger partial charge in [0.15, 0.2) is 11.6 Å². The highest BCUT2D eigenvalue weighted by molar-refractivity contribution is 5.54. The van der Waals surface area contributed by atoms with E-state index in [1.54, 1.807) is 24.5 Å². The molecule has 3 heterocycles. The van der Waals surface area contributed by atoms with Gasteiger partial charge in [0.25, 0.3) is 0 Å². The summed E-state index contributed by atoms with van der Waals surface area (Å²) in [4.78, 5) is 22.9. The molecule has 0 aliphatic carbocycles. The summed E-state index contributed by atoms with van der Waals surface area (Å²) >= 11 is 0. The van der Waals surface area contributed by atoms with Crippen LogP contribution in [0.2, 0.25) is 0 Å². The van der Waals surface area contributed by atoms with Crippen molar-refractivity contribution in [3.8, 4) is 17.2 Å². The zero-order valence-electron chi connectivity index (χ0n) is 11.0.